The SMILES string of the molecule is NC(=O)c1cc(OC(F)(F)F)ccc1N(CC[O-])C(=O)C[C@@H](O)C(=O)Nc1ccc2c(c1)CN=C2N. The molecule has 0 fully saturated rings. The monoisotopic (exact) mass is 508 g/mol. The number of ether oxygens (including phenoxy) is 1. The number of primary amides is 1. The molecule has 36 heavy (non-hydrogen) atoms. The van der Waals surface area contributed by atoms with Crippen LogP contribution in [0.4, 0.5) is 24.5 Å². The molecule has 0 saturated heterocycles. The molecular formula is C22H21F3N5O6-. The van der Waals surface area contributed by atoms with Crippen LogP contribution in [0, 0.1) is 0 Å². The number of fused-ring (bicyclic) bond motifs is 1. The van der Waals surface area contributed by atoms with Gasteiger partial charge in [0.15, 0.2) is 0 Å². The van der Waals surface area contributed by atoms with E-state index < -0.39 is 61.1 Å². The fourth-order valence-electron chi connectivity index (χ4n) is 3.52. The first kappa shape index (κ1) is 26.4. The summed E-state index contributed by atoms with van der Waals surface area (Å²) in [5.74, 6) is -3.48. The third-order valence-corrected chi connectivity index (χ3v) is 5.11. The van der Waals surface area contributed by atoms with Crippen LogP contribution in [0.5, 0.6) is 5.75 Å². The molecule has 0 unspecified atom stereocenters. The minimum Gasteiger partial charge on any atom is -0.853 e. The van der Waals surface area contributed by atoms with Gasteiger partial charge in [-0.15, -0.1) is 19.8 Å². The van der Waals surface area contributed by atoms with Crippen LogP contribution in [0.2, 0.25) is 0 Å². The number of nitrogens with two attached hydrogens (primary N) is 2. The first-order valence-corrected chi connectivity index (χ1v) is 10.4. The second kappa shape index (κ2) is 10.6. The van der Waals surface area contributed by atoms with Gasteiger partial charge in [0.05, 0.1) is 24.2 Å². The molecule has 1 aliphatic heterocycles. The van der Waals surface area contributed by atoms with Gasteiger partial charge in [-0.25, -0.2) is 0 Å². The fraction of sp³-hybridized carbons (Fsp3) is 0.273. The van der Waals surface area contributed by atoms with Crippen molar-refractivity contribution >= 4 is 34.9 Å². The summed E-state index contributed by atoms with van der Waals surface area (Å²) in [6.45, 7) is -1.04. The van der Waals surface area contributed by atoms with Gasteiger partial charge < -0.3 is 36.6 Å². The first-order valence-electron chi connectivity index (χ1n) is 10.4. The topological polar surface area (TPSA) is 183 Å². The van der Waals surface area contributed by atoms with E-state index >= 15 is 0 Å². The Balaban J connectivity index is 1.75. The maximum atomic E-state index is 12.8. The number of benzene rings is 2. The zero-order valence-corrected chi connectivity index (χ0v) is 18.5. The van der Waals surface area contributed by atoms with Crippen LogP contribution in [-0.2, 0) is 16.1 Å². The molecule has 1 heterocycles. The van der Waals surface area contributed by atoms with E-state index in [-0.39, 0.29) is 5.69 Å². The number of aliphatic hydroxyl groups is 1. The van der Waals surface area contributed by atoms with Crippen LogP contribution in [0.25, 0.3) is 0 Å². The normalized spacial score (nSPS) is 13.4. The Morgan fingerprint density at radius 3 is 2.58 bits per heavy atom. The summed E-state index contributed by atoms with van der Waals surface area (Å²) in [4.78, 5) is 41.9. The number of carbonyl (C=O) groups excluding carboxylic acids is 3. The number of halogens is 3. The van der Waals surface area contributed by atoms with Gasteiger partial charge in [0.1, 0.15) is 17.7 Å². The molecule has 0 saturated carbocycles. The molecule has 0 aromatic heterocycles. The van der Waals surface area contributed by atoms with Gasteiger partial charge in [-0.3, -0.25) is 19.4 Å². The van der Waals surface area contributed by atoms with Crippen LogP contribution in [0.1, 0.15) is 27.9 Å². The third kappa shape index (κ3) is 6.28. The highest BCUT2D eigenvalue weighted by Gasteiger charge is 2.32. The average molecular weight is 508 g/mol. The van der Waals surface area contributed by atoms with E-state index in [2.05, 4.69) is 15.0 Å². The van der Waals surface area contributed by atoms with E-state index in [0.29, 0.717) is 29.7 Å². The van der Waals surface area contributed by atoms with Crippen LogP contribution >= 0.6 is 0 Å². The second-order valence-corrected chi connectivity index (χ2v) is 7.62. The lowest BCUT2D eigenvalue weighted by atomic mass is 10.1. The number of rotatable bonds is 9. The van der Waals surface area contributed by atoms with Crippen molar-refractivity contribution in [2.24, 2.45) is 16.5 Å². The number of hydrogen-bond acceptors (Lipinski definition) is 8. The Morgan fingerprint density at radius 1 is 1.22 bits per heavy atom. The molecule has 3 rings (SSSR count). The number of nitrogens with one attached hydrogen (secondary N) is 1. The predicted octanol–water partition coefficient (Wildman–Crippen LogP) is -0.0140. The highest BCUT2D eigenvalue weighted by molar-refractivity contribution is 6.06. The summed E-state index contributed by atoms with van der Waals surface area (Å²) in [7, 11) is 0. The van der Waals surface area contributed by atoms with E-state index in [9.17, 15) is 37.8 Å². The summed E-state index contributed by atoms with van der Waals surface area (Å²) < 4.78 is 41.3. The van der Waals surface area contributed by atoms with E-state index in [1.807, 2.05) is 0 Å². The number of carbonyl (C=O) groups is 3. The lowest BCUT2D eigenvalue weighted by Gasteiger charge is -2.27. The zero-order valence-electron chi connectivity index (χ0n) is 18.5. The number of aliphatic hydroxyl groups excluding tert-OH is 1. The number of alkyl halides is 3. The predicted molar refractivity (Wildman–Crippen MR) is 119 cm³/mol. The van der Waals surface area contributed by atoms with Crippen LogP contribution < -0.4 is 31.5 Å². The van der Waals surface area contributed by atoms with Crippen molar-refractivity contribution in [3.63, 3.8) is 0 Å². The summed E-state index contributed by atoms with van der Waals surface area (Å²) in [6, 6.07) is 7.23. The molecule has 11 nitrogen and oxygen atoms in total. The summed E-state index contributed by atoms with van der Waals surface area (Å²) in [5.41, 5.74) is 12.0. The molecule has 0 spiro atoms. The van der Waals surface area contributed by atoms with Crippen molar-refractivity contribution in [2.75, 3.05) is 23.4 Å². The van der Waals surface area contributed by atoms with Gasteiger partial charge in [-0.1, -0.05) is 0 Å². The summed E-state index contributed by atoms with van der Waals surface area (Å²) in [5, 5.41) is 24.0. The Hall–Kier alpha value is -4.17. The molecule has 192 valence electrons. The van der Waals surface area contributed by atoms with Gasteiger partial charge in [-0.2, -0.15) is 0 Å². The van der Waals surface area contributed by atoms with E-state index in [0.717, 1.165) is 22.6 Å². The van der Waals surface area contributed by atoms with Gasteiger partial charge in [0.25, 0.3) is 11.8 Å². The highest BCUT2D eigenvalue weighted by Crippen LogP contribution is 2.30. The molecule has 0 aliphatic carbocycles. The number of nitrogens with zero attached hydrogens (tertiary/aromatic N) is 2. The van der Waals surface area contributed by atoms with Crippen molar-refractivity contribution in [2.45, 2.75) is 25.4 Å². The molecule has 2 aromatic rings. The van der Waals surface area contributed by atoms with Gasteiger partial charge in [0, 0.05) is 17.8 Å². The zero-order chi connectivity index (χ0) is 26.6. The summed E-state index contributed by atoms with van der Waals surface area (Å²) >= 11 is 0. The molecule has 0 bridgehead atoms. The van der Waals surface area contributed by atoms with Crippen LogP contribution in [-0.4, -0.2) is 54.3 Å². The lowest BCUT2D eigenvalue weighted by molar-refractivity contribution is -0.363. The number of amides is 3. The van der Waals surface area contributed by atoms with E-state index in [4.69, 9.17) is 11.5 Å². The molecule has 14 heteroatoms. The Labute approximate surface area is 202 Å². The van der Waals surface area contributed by atoms with Crippen molar-refractivity contribution in [3.8, 4) is 5.75 Å². The van der Waals surface area contributed by atoms with Gasteiger partial charge in [0.2, 0.25) is 5.91 Å². The molecule has 0 radical (unpaired) electrons. The summed E-state index contributed by atoms with van der Waals surface area (Å²) in [6.07, 6.45) is -7.70. The molecular weight excluding hydrogens is 487 g/mol. The molecule has 1 atom stereocenters. The number of amidine groups is 1. The molecule has 1 aliphatic rings. The quantitative estimate of drug-likeness (QED) is 0.367. The highest BCUT2D eigenvalue weighted by atomic mass is 19.4. The largest absolute Gasteiger partial charge is 0.853 e. The fourth-order valence-corrected chi connectivity index (χ4v) is 3.52. The van der Waals surface area contributed by atoms with E-state index in [1.165, 1.54) is 6.07 Å². The minimum absolute atomic E-state index is 0.276. The molecule has 3 amide bonds. The lowest BCUT2D eigenvalue weighted by Crippen LogP contribution is -2.41. The van der Waals surface area contributed by atoms with Crippen molar-refractivity contribution < 1.29 is 42.5 Å². The number of hydrogen-bond donors (Lipinski definition) is 4. The standard InChI is InChI=1S/C22H21F3N5O6/c23-22(24,25)36-13-2-4-16(15(8-13)20(27)34)30(5-6-31)18(33)9-17(32)21(35)29-12-1-3-14-11(7-12)10-28-19(14)26/h1-4,7-8,17,32H,5-6,9-10H2,(H2,26,28)(H2,27,34)(H,29,35)/q-1/t17-/m1/s1. The van der Waals surface area contributed by atoms with Gasteiger partial charge >= 0.3 is 6.36 Å². The number of anilines is 2. The van der Waals surface area contributed by atoms with Crippen LogP contribution in [0.15, 0.2) is 41.4 Å². The van der Waals surface area contributed by atoms with Gasteiger partial charge in [-0.05, 0) is 42.0 Å². The maximum absolute atomic E-state index is 12.8. The van der Waals surface area contributed by atoms with Crippen LogP contribution in [0.3, 0.4) is 0 Å². The first-order chi connectivity index (χ1) is 16.9. The average Bonchev–Trinajstić information content (AvgIpc) is 3.16. The second-order valence-electron chi connectivity index (χ2n) is 7.62. The molecule has 2 aromatic carbocycles. The number of aliphatic imine (C=N–C) groups is 1. The Bertz CT molecular complexity index is 1220. The maximum Gasteiger partial charge on any atom is 0.573 e. The third-order valence-electron chi connectivity index (χ3n) is 5.11. The Morgan fingerprint density at radius 2 is 1.94 bits per heavy atom. The smallest absolute Gasteiger partial charge is 0.573 e. The Kier molecular flexibility index (Phi) is 7.80. The van der Waals surface area contributed by atoms with Crippen molar-refractivity contribution in [3.05, 3.63) is 53.1 Å². The van der Waals surface area contributed by atoms with Crippen molar-refractivity contribution in [1.29, 1.82) is 0 Å². The van der Waals surface area contributed by atoms with E-state index in [1.54, 1.807) is 12.1 Å². The molecule has 6 N–H and O–H groups in total. The minimum atomic E-state index is -5.04. The van der Waals surface area contributed by atoms with Crippen molar-refractivity contribution in [1.82, 2.24) is 0 Å².